The molecule has 33 heavy (non-hydrogen) atoms. The molecule has 0 fully saturated rings. The maximum atomic E-state index is 11.1. The molecular weight excluding hydrogens is 416 g/mol. The SMILES string of the molecule is C[C@H](CN[C@@H](c1ccn(C)n1)[C@H]1CNc2cccc(C#N)c2N1)c1cccc(CC(=O)O)c1. The van der Waals surface area contributed by atoms with Crippen LogP contribution in [0.3, 0.4) is 0 Å². The van der Waals surface area contributed by atoms with E-state index < -0.39 is 5.97 Å². The Bertz CT molecular complexity index is 1180. The zero-order valence-electron chi connectivity index (χ0n) is 18.7. The van der Waals surface area contributed by atoms with Crippen molar-refractivity contribution >= 4 is 17.3 Å². The third-order valence-electron chi connectivity index (χ3n) is 6.00. The third kappa shape index (κ3) is 5.16. The number of carboxylic acids is 1. The largest absolute Gasteiger partial charge is 0.481 e. The molecule has 0 unspecified atom stereocenters. The molecule has 170 valence electrons. The van der Waals surface area contributed by atoms with Gasteiger partial charge in [0.2, 0.25) is 0 Å². The number of aliphatic carboxylic acids is 1. The molecule has 3 aromatic rings. The average Bonchev–Trinajstić information content (AvgIpc) is 3.24. The van der Waals surface area contributed by atoms with Crippen LogP contribution in [0.15, 0.2) is 54.7 Å². The van der Waals surface area contributed by atoms with Gasteiger partial charge < -0.3 is 21.1 Å². The first-order valence-electron chi connectivity index (χ1n) is 11.0. The van der Waals surface area contributed by atoms with Crippen molar-refractivity contribution in [3.63, 3.8) is 0 Å². The van der Waals surface area contributed by atoms with Crippen molar-refractivity contribution in [2.75, 3.05) is 23.7 Å². The lowest BCUT2D eigenvalue weighted by Crippen LogP contribution is -2.45. The van der Waals surface area contributed by atoms with Crippen molar-refractivity contribution < 1.29 is 9.90 Å². The van der Waals surface area contributed by atoms with Crippen LogP contribution in [0.4, 0.5) is 11.4 Å². The topological polar surface area (TPSA) is 115 Å². The van der Waals surface area contributed by atoms with E-state index in [1.54, 1.807) is 4.68 Å². The van der Waals surface area contributed by atoms with Crippen molar-refractivity contribution in [2.45, 2.75) is 31.3 Å². The summed E-state index contributed by atoms with van der Waals surface area (Å²) in [5.74, 6) is -0.663. The van der Waals surface area contributed by atoms with E-state index in [9.17, 15) is 10.1 Å². The number of nitriles is 1. The number of nitrogens with one attached hydrogen (secondary N) is 3. The normalized spacial score (nSPS) is 16.6. The minimum absolute atomic E-state index is 0.0167. The molecule has 0 saturated carbocycles. The maximum absolute atomic E-state index is 11.1. The van der Waals surface area contributed by atoms with Crippen LogP contribution in [0.1, 0.15) is 41.3 Å². The van der Waals surface area contributed by atoms with E-state index in [2.05, 4.69) is 34.0 Å². The van der Waals surface area contributed by atoms with E-state index in [-0.39, 0.29) is 24.4 Å². The molecule has 0 radical (unpaired) electrons. The third-order valence-corrected chi connectivity index (χ3v) is 6.00. The van der Waals surface area contributed by atoms with Crippen LogP contribution in [-0.4, -0.2) is 40.0 Å². The van der Waals surface area contributed by atoms with Crippen LogP contribution in [0.25, 0.3) is 0 Å². The molecule has 0 saturated heterocycles. The second-order valence-electron chi connectivity index (χ2n) is 8.49. The molecule has 3 atom stereocenters. The lowest BCUT2D eigenvalue weighted by molar-refractivity contribution is -0.136. The van der Waals surface area contributed by atoms with E-state index in [0.717, 1.165) is 28.2 Å². The number of aromatic nitrogens is 2. The average molecular weight is 445 g/mol. The number of carboxylic acid groups (broad SMARTS) is 1. The first-order valence-corrected chi connectivity index (χ1v) is 11.0. The van der Waals surface area contributed by atoms with Crippen LogP contribution in [0.5, 0.6) is 0 Å². The second kappa shape index (κ2) is 9.76. The molecule has 0 aliphatic carbocycles. The highest BCUT2D eigenvalue weighted by Crippen LogP contribution is 2.33. The van der Waals surface area contributed by atoms with Gasteiger partial charge in [-0.3, -0.25) is 9.48 Å². The summed E-state index contributed by atoms with van der Waals surface area (Å²) in [5, 5.41) is 33.9. The zero-order chi connectivity index (χ0) is 23.4. The van der Waals surface area contributed by atoms with Crippen molar-refractivity contribution in [1.82, 2.24) is 15.1 Å². The zero-order valence-corrected chi connectivity index (χ0v) is 18.7. The Kier molecular flexibility index (Phi) is 6.61. The predicted octanol–water partition coefficient (Wildman–Crippen LogP) is 3.26. The quantitative estimate of drug-likeness (QED) is 0.422. The summed E-state index contributed by atoms with van der Waals surface area (Å²) in [6.07, 6.45) is 1.94. The number of para-hydroxylation sites is 1. The lowest BCUT2D eigenvalue weighted by Gasteiger charge is -2.35. The number of nitrogens with zero attached hydrogens (tertiary/aromatic N) is 3. The molecule has 8 heteroatoms. The Morgan fingerprint density at radius 3 is 2.88 bits per heavy atom. The summed E-state index contributed by atoms with van der Waals surface area (Å²) in [4.78, 5) is 11.1. The van der Waals surface area contributed by atoms with E-state index in [0.29, 0.717) is 18.7 Å². The van der Waals surface area contributed by atoms with E-state index in [4.69, 9.17) is 5.11 Å². The number of hydrogen-bond donors (Lipinski definition) is 4. The van der Waals surface area contributed by atoms with Gasteiger partial charge in [-0.25, -0.2) is 0 Å². The van der Waals surface area contributed by atoms with Crippen LogP contribution >= 0.6 is 0 Å². The molecule has 2 heterocycles. The number of benzene rings is 2. The molecule has 1 aliphatic heterocycles. The first kappa shape index (κ1) is 22.4. The van der Waals surface area contributed by atoms with Gasteiger partial charge >= 0.3 is 5.97 Å². The molecule has 0 spiro atoms. The molecule has 4 rings (SSSR count). The molecule has 0 bridgehead atoms. The van der Waals surface area contributed by atoms with Crippen molar-refractivity contribution in [3.8, 4) is 6.07 Å². The molecule has 4 N–H and O–H groups in total. The summed E-state index contributed by atoms with van der Waals surface area (Å²) in [6, 6.07) is 17.6. The summed E-state index contributed by atoms with van der Waals surface area (Å²) >= 11 is 0. The Labute approximate surface area is 193 Å². The van der Waals surface area contributed by atoms with Crippen LogP contribution in [0, 0.1) is 11.3 Å². The highest BCUT2D eigenvalue weighted by atomic mass is 16.4. The second-order valence-corrected chi connectivity index (χ2v) is 8.49. The Morgan fingerprint density at radius 2 is 2.15 bits per heavy atom. The van der Waals surface area contributed by atoms with Crippen molar-refractivity contribution in [3.05, 3.63) is 77.1 Å². The van der Waals surface area contributed by atoms with E-state index in [1.165, 1.54) is 0 Å². The minimum Gasteiger partial charge on any atom is -0.481 e. The Hall–Kier alpha value is -3.83. The van der Waals surface area contributed by atoms with Crippen LogP contribution in [-0.2, 0) is 18.3 Å². The molecular formula is C25H28N6O2. The van der Waals surface area contributed by atoms with Gasteiger partial charge in [-0.1, -0.05) is 37.3 Å². The fourth-order valence-corrected chi connectivity index (χ4v) is 4.26. The maximum Gasteiger partial charge on any atom is 0.307 e. The molecule has 1 aliphatic rings. The number of carbonyl (C=O) groups is 1. The number of anilines is 2. The summed E-state index contributed by atoms with van der Waals surface area (Å²) in [6.45, 7) is 3.49. The standard InChI is InChI=1S/C25H28N6O2/c1-16(18-6-3-5-17(11-18)12-23(32)33)14-28-25(21-9-10-31(2)30-21)22-15-27-20-8-4-7-19(13-26)24(20)29-22/h3-11,16,22,25,27-29H,12,14-15H2,1-2H3,(H,32,33)/t16-,22-,25+/m1/s1. The van der Waals surface area contributed by atoms with Crippen LogP contribution < -0.4 is 16.0 Å². The first-order chi connectivity index (χ1) is 15.9. The molecule has 8 nitrogen and oxygen atoms in total. The highest BCUT2D eigenvalue weighted by Gasteiger charge is 2.30. The predicted molar refractivity (Wildman–Crippen MR) is 127 cm³/mol. The Balaban J connectivity index is 1.53. The van der Waals surface area contributed by atoms with Gasteiger partial charge in [-0.15, -0.1) is 0 Å². The van der Waals surface area contributed by atoms with Gasteiger partial charge in [0.05, 0.1) is 41.1 Å². The van der Waals surface area contributed by atoms with E-state index in [1.807, 2.05) is 61.8 Å². The number of fused-ring (bicyclic) bond motifs is 1. The molecule has 0 amide bonds. The molecule has 2 aromatic carbocycles. The van der Waals surface area contributed by atoms with Gasteiger partial charge in [0.25, 0.3) is 0 Å². The highest BCUT2D eigenvalue weighted by molar-refractivity contribution is 5.77. The molecule has 1 aromatic heterocycles. The monoisotopic (exact) mass is 444 g/mol. The van der Waals surface area contributed by atoms with Crippen molar-refractivity contribution in [1.29, 1.82) is 5.26 Å². The van der Waals surface area contributed by atoms with Crippen LogP contribution in [0.2, 0.25) is 0 Å². The summed E-state index contributed by atoms with van der Waals surface area (Å²) in [5.41, 5.74) is 5.15. The summed E-state index contributed by atoms with van der Waals surface area (Å²) in [7, 11) is 1.90. The minimum atomic E-state index is -0.832. The fraction of sp³-hybridized carbons (Fsp3) is 0.320. The van der Waals surface area contributed by atoms with Gasteiger partial charge in [0, 0.05) is 26.3 Å². The van der Waals surface area contributed by atoms with Gasteiger partial charge in [-0.05, 0) is 35.2 Å². The van der Waals surface area contributed by atoms with E-state index >= 15 is 0 Å². The smallest absolute Gasteiger partial charge is 0.307 e. The van der Waals surface area contributed by atoms with Gasteiger partial charge in [0.1, 0.15) is 6.07 Å². The van der Waals surface area contributed by atoms with Gasteiger partial charge in [0.15, 0.2) is 0 Å². The lowest BCUT2D eigenvalue weighted by atomic mass is 9.96. The Morgan fingerprint density at radius 1 is 1.33 bits per heavy atom. The van der Waals surface area contributed by atoms with Gasteiger partial charge in [-0.2, -0.15) is 10.4 Å². The number of aryl methyl sites for hydroxylation is 1. The summed E-state index contributed by atoms with van der Waals surface area (Å²) < 4.78 is 1.79. The van der Waals surface area contributed by atoms with Crippen molar-refractivity contribution in [2.24, 2.45) is 7.05 Å². The number of hydrogen-bond acceptors (Lipinski definition) is 6. The number of rotatable bonds is 8. The fourth-order valence-electron chi connectivity index (χ4n) is 4.26.